The Kier molecular flexibility index (Phi) is 3.58. The zero-order chi connectivity index (χ0) is 13.5. The van der Waals surface area contributed by atoms with Crippen molar-refractivity contribution >= 4 is 17.0 Å². The molecule has 106 valence electrons. The van der Waals surface area contributed by atoms with E-state index in [4.69, 9.17) is 9.47 Å². The summed E-state index contributed by atoms with van der Waals surface area (Å²) < 4.78 is 11.6. The SMILES string of the molecule is Cc1cc(N(C)C2CCC3(CC2)OCCO3)c(C)s1. The first kappa shape index (κ1) is 13.4. The predicted molar refractivity (Wildman–Crippen MR) is 79.1 cm³/mol. The highest BCUT2D eigenvalue weighted by Gasteiger charge is 2.41. The molecule has 1 aromatic rings. The van der Waals surface area contributed by atoms with Crippen LogP contribution in [-0.4, -0.2) is 32.1 Å². The maximum absolute atomic E-state index is 5.80. The fraction of sp³-hybridized carbons (Fsp3) is 0.733. The average Bonchev–Trinajstić information content (AvgIpc) is 2.97. The molecule has 1 spiro atoms. The molecule has 1 aliphatic heterocycles. The molecular weight excluding hydrogens is 258 g/mol. The molecule has 2 heterocycles. The third-order valence-corrected chi connectivity index (χ3v) is 5.43. The second-order valence-electron chi connectivity index (χ2n) is 5.75. The number of rotatable bonds is 2. The smallest absolute Gasteiger partial charge is 0.168 e. The van der Waals surface area contributed by atoms with E-state index in [-0.39, 0.29) is 5.79 Å². The first-order chi connectivity index (χ1) is 9.10. The summed E-state index contributed by atoms with van der Waals surface area (Å²) in [5, 5.41) is 0. The van der Waals surface area contributed by atoms with Gasteiger partial charge in [-0.05, 0) is 32.8 Å². The first-order valence-electron chi connectivity index (χ1n) is 7.17. The van der Waals surface area contributed by atoms with Crippen molar-refractivity contribution in [2.45, 2.75) is 51.4 Å². The lowest BCUT2D eigenvalue weighted by Crippen LogP contribution is -2.43. The molecule has 1 saturated heterocycles. The van der Waals surface area contributed by atoms with E-state index in [0.717, 1.165) is 38.9 Å². The van der Waals surface area contributed by atoms with Crippen LogP contribution in [0.5, 0.6) is 0 Å². The number of thiophene rings is 1. The molecule has 1 aromatic heterocycles. The van der Waals surface area contributed by atoms with E-state index >= 15 is 0 Å². The van der Waals surface area contributed by atoms with Crippen molar-refractivity contribution in [3.63, 3.8) is 0 Å². The van der Waals surface area contributed by atoms with Gasteiger partial charge in [-0.3, -0.25) is 0 Å². The second-order valence-corrected chi connectivity index (χ2v) is 7.21. The largest absolute Gasteiger partial charge is 0.371 e. The minimum absolute atomic E-state index is 0.239. The van der Waals surface area contributed by atoms with Crippen LogP contribution in [0.25, 0.3) is 0 Å². The summed E-state index contributed by atoms with van der Waals surface area (Å²) in [6.45, 7) is 5.94. The van der Waals surface area contributed by atoms with E-state index in [9.17, 15) is 0 Å². The van der Waals surface area contributed by atoms with Crippen LogP contribution in [0.3, 0.4) is 0 Å². The number of aryl methyl sites for hydroxylation is 2. The molecule has 3 nitrogen and oxygen atoms in total. The van der Waals surface area contributed by atoms with Crippen molar-refractivity contribution in [1.29, 1.82) is 0 Å². The number of hydrogen-bond acceptors (Lipinski definition) is 4. The summed E-state index contributed by atoms with van der Waals surface area (Å²) >= 11 is 1.89. The summed E-state index contributed by atoms with van der Waals surface area (Å²) in [5.41, 5.74) is 1.40. The first-order valence-corrected chi connectivity index (χ1v) is 7.99. The van der Waals surface area contributed by atoms with Crippen molar-refractivity contribution in [3.8, 4) is 0 Å². The van der Waals surface area contributed by atoms with Crippen molar-refractivity contribution in [1.82, 2.24) is 0 Å². The number of ether oxygens (including phenoxy) is 2. The lowest BCUT2D eigenvalue weighted by Gasteiger charge is -2.39. The molecule has 0 bridgehead atoms. The number of anilines is 1. The van der Waals surface area contributed by atoms with Crippen LogP contribution >= 0.6 is 11.3 Å². The lowest BCUT2D eigenvalue weighted by atomic mass is 9.89. The molecule has 2 aliphatic rings. The molecule has 3 rings (SSSR count). The number of nitrogens with zero attached hydrogens (tertiary/aromatic N) is 1. The molecule has 19 heavy (non-hydrogen) atoms. The van der Waals surface area contributed by atoms with Gasteiger partial charge in [0.1, 0.15) is 0 Å². The predicted octanol–water partition coefficient (Wildman–Crippen LogP) is 3.49. The quantitative estimate of drug-likeness (QED) is 0.828. The van der Waals surface area contributed by atoms with Gasteiger partial charge in [0.25, 0.3) is 0 Å². The number of hydrogen-bond donors (Lipinski definition) is 0. The van der Waals surface area contributed by atoms with E-state index in [2.05, 4.69) is 31.9 Å². The van der Waals surface area contributed by atoms with Crippen LogP contribution in [-0.2, 0) is 9.47 Å². The fourth-order valence-electron chi connectivity index (χ4n) is 3.38. The Labute approximate surface area is 119 Å². The van der Waals surface area contributed by atoms with E-state index in [1.54, 1.807) is 0 Å². The molecule has 0 N–H and O–H groups in total. The monoisotopic (exact) mass is 281 g/mol. The Morgan fingerprint density at radius 3 is 2.37 bits per heavy atom. The summed E-state index contributed by atoms with van der Waals surface area (Å²) in [5.74, 6) is -0.239. The standard InChI is InChI=1S/C15H23NO2S/c1-11-10-14(12(2)19-11)16(3)13-4-6-15(7-5-13)17-8-9-18-15/h10,13H,4-9H2,1-3H3. The molecule has 1 aliphatic carbocycles. The van der Waals surface area contributed by atoms with Gasteiger partial charge in [0.2, 0.25) is 0 Å². The Bertz CT molecular complexity index is 441. The van der Waals surface area contributed by atoms with Gasteiger partial charge in [-0.1, -0.05) is 0 Å². The third-order valence-electron chi connectivity index (χ3n) is 4.47. The molecule has 0 radical (unpaired) electrons. The molecule has 4 heteroatoms. The van der Waals surface area contributed by atoms with Crippen LogP contribution in [0.4, 0.5) is 5.69 Å². The molecule has 0 atom stereocenters. The normalized spacial score (nSPS) is 23.1. The van der Waals surface area contributed by atoms with Crippen LogP contribution in [0, 0.1) is 13.8 Å². The van der Waals surface area contributed by atoms with Crippen LogP contribution in [0.2, 0.25) is 0 Å². The van der Waals surface area contributed by atoms with E-state index < -0.39 is 0 Å². The maximum atomic E-state index is 5.80. The molecule has 0 aromatic carbocycles. The van der Waals surface area contributed by atoms with Gasteiger partial charge in [-0.25, -0.2) is 0 Å². The molecule has 0 unspecified atom stereocenters. The van der Waals surface area contributed by atoms with E-state index in [1.165, 1.54) is 15.4 Å². The highest BCUT2D eigenvalue weighted by molar-refractivity contribution is 7.12. The maximum Gasteiger partial charge on any atom is 0.168 e. The van der Waals surface area contributed by atoms with Crippen molar-refractivity contribution < 1.29 is 9.47 Å². The van der Waals surface area contributed by atoms with Gasteiger partial charge in [-0.2, -0.15) is 0 Å². The van der Waals surface area contributed by atoms with Crippen LogP contribution in [0.15, 0.2) is 6.07 Å². The molecular formula is C15H23NO2S. The van der Waals surface area contributed by atoms with E-state index in [1.807, 2.05) is 11.3 Å². The van der Waals surface area contributed by atoms with Crippen molar-refractivity contribution in [3.05, 3.63) is 15.8 Å². The van der Waals surface area contributed by atoms with Crippen molar-refractivity contribution in [2.75, 3.05) is 25.2 Å². The van der Waals surface area contributed by atoms with E-state index in [0.29, 0.717) is 6.04 Å². The second kappa shape index (κ2) is 5.08. The third kappa shape index (κ3) is 2.54. The minimum Gasteiger partial charge on any atom is -0.371 e. The highest BCUT2D eigenvalue weighted by atomic mass is 32.1. The Balaban J connectivity index is 1.66. The Morgan fingerprint density at radius 1 is 1.21 bits per heavy atom. The van der Waals surface area contributed by atoms with Crippen LogP contribution in [0.1, 0.15) is 35.4 Å². The van der Waals surface area contributed by atoms with Gasteiger partial charge in [0, 0.05) is 35.7 Å². The Morgan fingerprint density at radius 2 is 1.84 bits per heavy atom. The minimum atomic E-state index is -0.239. The summed E-state index contributed by atoms with van der Waals surface area (Å²) in [6.07, 6.45) is 4.38. The summed E-state index contributed by atoms with van der Waals surface area (Å²) in [7, 11) is 2.23. The Hall–Kier alpha value is -0.580. The zero-order valence-corrected chi connectivity index (χ0v) is 12.9. The van der Waals surface area contributed by atoms with Crippen molar-refractivity contribution in [2.24, 2.45) is 0 Å². The van der Waals surface area contributed by atoms with Crippen LogP contribution < -0.4 is 4.90 Å². The van der Waals surface area contributed by atoms with Gasteiger partial charge in [-0.15, -0.1) is 11.3 Å². The summed E-state index contributed by atoms with van der Waals surface area (Å²) in [6, 6.07) is 2.93. The highest BCUT2D eigenvalue weighted by Crippen LogP contribution is 2.39. The summed E-state index contributed by atoms with van der Waals surface area (Å²) in [4.78, 5) is 5.28. The lowest BCUT2D eigenvalue weighted by molar-refractivity contribution is -0.178. The molecule has 2 fully saturated rings. The topological polar surface area (TPSA) is 21.7 Å². The molecule has 1 saturated carbocycles. The zero-order valence-electron chi connectivity index (χ0n) is 12.1. The average molecular weight is 281 g/mol. The van der Waals surface area contributed by atoms with Gasteiger partial charge in [0.05, 0.1) is 18.9 Å². The fourth-order valence-corrected chi connectivity index (χ4v) is 4.34. The molecule has 0 amide bonds. The van der Waals surface area contributed by atoms with Gasteiger partial charge in [0.15, 0.2) is 5.79 Å². The van der Waals surface area contributed by atoms with Gasteiger partial charge < -0.3 is 14.4 Å². The van der Waals surface area contributed by atoms with Gasteiger partial charge >= 0.3 is 0 Å².